The number of aliphatic hydroxyl groups excluding tert-OH is 1. The first-order valence-corrected chi connectivity index (χ1v) is 9.75. The van der Waals surface area contributed by atoms with E-state index in [1.165, 1.54) is 58.6 Å². The molecule has 0 saturated carbocycles. The molecule has 0 fully saturated rings. The zero-order chi connectivity index (χ0) is 14.2. The molecule has 2 aliphatic rings. The van der Waals surface area contributed by atoms with Crippen molar-refractivity contribution in [3.63, 3.8) is 0 Å². The number of rotatable bonds is 3. The third-order valence-corrected chi connectivity index (χ3v) is 6.91. The molecule has 0 bridgehead atoms. The van der Waals surface area contributed by atoms with Gasteiger partial charge in [-0.2, -0.15) is 11.8 Å². The Morgan fingerprint density at radius 3 is 2.86 bits per heavy atom. The van der Waals surface area contributed by atoms with Crippen molar-refractivity contribution in [2.45, 2.75) is 44.0 Å². The number of aryl methyl sites for hydroxylation is 3. The van der Waals surface area contributed by atoms with Crippen LogP contribution in [0.3, 0.4) is 0 Å². The zero-order valence-electron chi connectivity index (χ0n) is 12.1. The molecule has 1 unspecified atom stereocenters. The van der Waals surface area contributed by atoms with Gasteiger partial charge in [-0.15, -0.1) is 11.3 Å². The van der Waals surface area contributed by atoms with Gasteiger partial charge in [0, 0.05) is 21.9 Å². The second-order valence-corrected chi connectivity index (χ2v) is 8.35. The molecule has 3 heteroatoms. The molecule has 1 nitrogen and oxygen atoms in total. The predicted molar refractivity (Wildman–Crippen MR) is 91.3 cm³/mol. The van der Waals surface area contributed by atoms with Crippen molar-refractivity contribution in [1.29, 1.82) is 0 Å². The summed E-state index contributed by atoms with van der Waals surface area (Å²) in [5.41, 5.74) is 5.75. The number of thioether (sulfide) groups is 1. The highest BCUT2D eigenvalue weighted by Crippen LogP contribution is 2.35. The van der Waals surface area contributed by atoms with E-state index in [4.69, 9.17) is 0 Å². The lowest BCUT2D eigenvalue weighted by Crippen LogP contribution is -2.00. The average molecular weight is 316 g/mol. The first-order chi connectivity index (χ1) is 10.3. The fraction of sp³-hybridized carbons (Fsp3) is 0.444. The van der Waals surface area contributed by atoms with Crippen LogP contribution in [-0.4, -0.2) is 10.9 Å². The van der Waals surface area contributed by atoms with Crippen molar-refractivity contribution in [3.05, 3.63) is 56.3 Å². The number of fused-ring (bicyclic) bond motifs is 2. The maximum absolute atomic E-state index is 10.6. The predicted octanol–water partition coefficient (Wildman–Crippen LogP) is 4.30. The summed E-state index contributed by atoms with van der Waals surface area (Å²) in [5, 5.41) is 10.6. The topological polar surface area (TPSA) is 20.2 Å². The molecule has 0 spiro atoms. The zero-order valence-corrected chi connectivity index (χ0v) is 13.7. The third kappa shape index (κ3) is 2.79. The van der Waals surface area contributed by atoms with E-state index in [9.17, 15) is 5.11 Å². The second kappa shape index (κ2) is 5.79. The van der Waals surface area contributed by atoms with E-state index in [2.05, 4.69) is 24.3 Å². The van der Waals surface area contributed by atoms with Crippen LogP contribution in [-0.2, 0) is 31.4 Å². The Bertz CT molecular complexity index is 636. The molecular formula is C18H20OS2. The lowest BCUT2D eigenvalue weighted by Gasteiger charge is -2.10. The summed E-state index contributed by atoms with van der Waals surface area (Å²) < 4.78 is 0. The largest absolute Gasteiger partial charge is 0.387 e. The van der Waals surface area contributed by atoms with Crippen molar-refractivity contribution in [2.24, 2.45) is 0 Å². The third-order valence-electron chi connectivity index (χ3n) is 4.57. The maximum atomic E-state index is 10.6. The van der Waals surface area contributed by atoms with Crippen LogP contribution >= 0.6 is 23.1 Å². The Labute approximate surface area is 134 Å². The average Bonchev–Trinajstić information content (AvgIpc) is 3.13. The normalized spacial score (nSPS) is 18.3. The molecule has 1 aromatic heterocycles. The molecule has 110 valence electrons. The van der Waals surface area contributed by atoms with Crippen LogP contribution in [0, 0.1) is 0 Å². The van der Waals surface area contributed by atoms with Gasteiger partial charge in [0.25, 0.3) is 0 Å². The van der Waals surface area contributed by atoms with Crippen LogP contribution < -0.4 is 0 Å². The fourth-order valence-electron chi connectivity index (χ4n) is 3.41. The van der Waals surface area contributed by atoms with Gasteiger partial charge in [0.1, 0.15) is 0 Å². The van der Waals surface area contributed by atoms with E-state index < -0.39 is 0 Å². The van der Waals surface area contributed by atoms with Crippen molar-refractivity contribution >= 4 is 23.1 Å². The van der Waals surface area contributed by atoms with Gasteiger partial charge in [-0.05, 0) is 59.8 Å². The van der Waals surface area contributed by atoms with Crippen LogP contribution in [0.2, 0.25) is 0 Å². The number of thiophene rings is 1. The Balaban J connectivity index is 1.52. The summed E-state index contributed by atoms with van der Waals surface area (Å²) in [5.74, 6) is 2.35. The van der Waals surface area contributed by atoms with Crippen LogP contribution in [0.1, 0.15) is 44.5 Å². The van der Waals surface area contributed by atoms with Crippen molar-refractivity contribution in [2.75, 3.05) is 5.75 Å². The first-order valence-electron chi connectivity index (χ1n) is 7.77. The minimum atomic E-state index is -0.343. The van der Waals surface area contributed by atoms with E-state index in [-0.39, 0.29) is 6.10 Å². The molecule has 1 aliphatic heterocycles. The summed E-state index contributed by atoms with van der Waals surface area (Å²) in [6.45, 7) is 0. The van der Waals surface area contributed by atoms with Crippen LogP contribution in [0.4, 0.5) is 0 Å². The minimum absolute atomic E-state index is 0.343. The molecule has 1 aromatic carbocycles. The minimum Gasteiger partial charge on any atom is -0.387 e. The Morgan fingerprint density at radius 1 is 1.05 bits per heavy atom. The van der Waals surface area contributed by atoms with E-state index >= 15 is 0 Å². The monoisotopic (exact) mass is 316 g/mol. The molecule has 21 heavy (non-hydrogen) atoms. The van der Waals surface area contributed by atoms with E-state index in [0.717, 1.165) is 17.1 Å². The van der Waals surface area contributed by atoms with Gasteiger partial charge >= 0.3 is 0 Å². The SMILES string of the molecule is OC(Cc1ccc2c(c1)CCC2)c1cc2c(s1)CCSC2. The van der Waals surface area contributed by atoms with E-state index in [0.29, 0.717) is 0 Å². The molecular weight excluding hydrogens is 296 g/mol. The van der Waals surface area contributed by atoms with Gasteiger partial charge in [0.05, 0.1) is 6.10 Å². The highest BCUT2D eigenvalue weighted by molar-refractivity contribution is 7.98. The standard InChI is InChI=1S/C18H20OS2/c19-16(18-10-15-11-20-7-6-17(15)21-18)9-12-4-5-13-2-1-3-14(13)8-12/h4-5,8,10,16,19H,1-3,6-7,9,11H2. The lowest BCUT2D eigenvalue weighted by molar-refractivity contribution is 0.182. The van der Waals surface area contributed by atoms with E-state index in [1.807, 2.05) is 23.1 Å². The molecule has 4 rings (SSSR count). The number of benzene rings is 1. The number of hydrogen-bond donors (Lipinski definition) is 1. The number of aliphatic hydroxyl groups is 1. The summed E-state index contributed by atoms with van der Waals surface area (Å²) in [4.78, 5) is 2.65. The molecule has 0 amide bonds. The molecule has 0 saturated heterocycles. The molecule has 0 radical (unpaired) electrons. The van der Waals surface area contributed by atoms with Crippen LogP contribution in [0.15, 0.2) is 24.3 Å². The van der Waals surface area contributed by atoms with Crippen molar-refractivity contribution < 1.29 is 5.11 Å². The quantitative estimate of drug-likeness (QED) is 0.911. The van der Waals surface area contributed by atoms with Gasteiger partial charge in [-0.3, -0.25) is 0 Å². The summed E-state index contributed by atoms with van der Waals surface area (Å²) >= 11 is 3.83. The maximum Gasteiger partial charge on any atom is 0.0922 e. The van der Waals surface area contributed by atoms with E-state index in [1.54, 1.807) is 0 Å². The Kier molecular flexibility index (Phi) is 3.82. The first kappa shape index (κ1) is 13.9. The fourth-order valence-corrected chi connectivity index (χ4v) is 5.77. The molecule has 2 heterocycles. The lowest BCUT2D eigenvalue weighted by atomic mass is 10.0. The molecule has 2 aromatic rings. The highest BCUT2D eigenvalue weighted by atomic mass is 32.2. The van der Waals surface area contributed by atoms with Crippen LogP contribution in [0.5, 0.6) is 0 Å². The molecule has 1 atom stereocenters. The van der Waals surface area contributed by atoms with Crippen LogP contribution in [0.25, 0.3) is 0 Å². The van der Waals surface area contributed by atoms with Gasteiger partial charge in [0.15, 0.2) is 0 Å². The summed E-state index contributed by atoms with van der Waals surface area (Å²) in [6.07, 6.45) is 5.31. The molecule has 1 aliphatic carbocycles. The number of hydrogen-bond acceptors (Lipinski definition) is 3. The summed E-state index contributed by atoms with van der Waals surface area (Å²) in [7, 11) is 0. The van der Waals surface area contributed by atoms with Crippen molar-refractivity contribution in [1.82, 2.24) is 0 Å². The van der Waals surface area contributed by atoms with Gasteiger partial charge in [0.2, 0.25) is 0 Å². The Hall–Kier alpha value is -0.770. The van der Waals surface area contributed by atoms with Gasteiger partial charge < -0.3 is 5.11 Å². The molecule has 1 N–H and O–H groups in total. The smallest absolute Gasteiger partial charge is 0.0922 e. The second-order valence-electron chi connectivity index (χ2n) is 6.08. The summed E-state index contributed by atoms with van der Waals surface area (Å²) in [6, 6.07) is 9.02. The Morgan fingerprint density at radius 2 is 1.95 bits per heavy atom. The van der Waals surface area contributed by atoms with Crippen molar-refractivity contribution in [3.8, 4) is 0 Å². The van der Waals surface area contributed by atoms with Gasteiger partial charge in [-0.1, -0.05) is 18.2 Å². The highest BCUT2D eigenvalue weighted by Gasteiger charge is 2.19. The van der Waals surface area contributed by atoms with Gasteiger partial charge in [-0.25, -0.2) is 0 Å².